The minimum atomic E-state index is 0.116. The quantitative estimate of drug-likeness (QED) is 0.284. The van der Waals surface area contributed by atoms with Crippen molar-refractivity contribution in [3.8, 4) is 23.0 Å². The second-order valence-electron chi connectivity index (χ2n) is 7.71. The highest BCUT2D eigenvalue weighted by Gasteiger charge is 2.40. The lowest BCUT2D eigenvalue weighted by Gasteiger charge is -2.33. The fraction of sp³-hybridized carbons (Fsp3) is 0. The SMILES string of the molecule is c1ccc2c(c1)Oc1cccc3c1B2c1ccc2c(ccc4ccccc42)c1O3. The Labute approximate surface area is 168 Å². The minimum absolute atomic E-state index is 0.116. The van der Waals surface area contributed by atoms with Crippen LogP contribution >= 0.6 is 0 Å². The van der Waals surface area contributed by atoms with E-state index in [4.69, 9.17) is 9.47 Å². The largest absolute Gasteiger partial charge is 0.458 e. The van der Waals surface area contributed by atoms with Crippen LogP contribution in [0.4, 0.5) is 0 Å². The summed E-state index contributed by atoms with van der Waals surface area (Å²) in [5.41, 5.74) is 3.51. The molecule has 0 saturated carbocycles. The molecule has 3 heteroatoms. The maximum absolute atomic E-state index is 6.52. The van der Waals surface area contributed by atoms with Gasteiger partial charge in [-0.2, -0.15) is 0 Å². The van der Waals surface area contributed by atoms with Crippen molar-refractivity contribution in [1.29, 1.82) is 0 Å². The fourth-order valence-electron chi connectivity index (χ4n) is 4.92. The van der Waals surface area contributed by atoms with Gasteiger partial charge in [-0.05, 0) is 45.3 Å². The van der Waals surface area contributed by atoms with Crippen molar-refractivity contribution in [2.75, 3.05) is 0 Å². The Balaban J connectivity index is 1.59. The molecule has 2 aliphatic heterocycles. The van der Waals surface area contributed by atoms with Crippen molar-refractivity contribution < 1.29 is 9.47 Å². The number of para-hydroxylation sites is 1. The Morgan fingerprint density at radius 2 is 1.24 bits per heavy atom. The highest BCUT2D eigenvalue weighted by molar-refractivity contribution is 6.98. The highest BCUT2D eigenvalue weighted by Crippen LogP contribution is 2.38. The fourth-order valence-corrected chi connectivity index (χ4v) is 4.92. The molecule has 134 valence electrons. The van der Waals surface area contributed by atoms with E-state index in [-0.39, 0.29) is 6.71 Å². The second-order valence-corrected chi connectivity index (χ2v) is 7.71. The summed E-state index contributed by atoms with van der Waals surface area (Å²) in [5, 5.41) is 4.88. The molecule has 29 heavy (non-hydrogen) atoms. The molecule has 0 fully saturated rings. The minimum Gasteiger partial charge on any atom is -0.458 e. The molecule has 0 atom stereocenters. The number of rotatable bonds is 0. The molecule has 0 amide bonds. The number of benzene rings is 5. The van der Waals surface area contributed by atoms with E-state index in [9.17, 15) is 0 Å². The van der Waals surface area contributed by atoms with Crippen LogP contribution in [0.1, 0.15) is 0 Å². The molecule has 0 aromatic heterocycles. The molecule has 0 radical (unpaired) electrons. The van der Waals surface area contributed by atoms with Gasteiger partial charge in [0.05, 0.1) is 0 Å². The van der Waals surface area contributed by atoms with Gasteiger partial charge in [0.25, 0.3) is 6.71 Å². The van der Waals surface area contributed by atoms with Crippen molar-refractivity contribution in [1.82, 2.24) is 0 Å². The van der Waals surface area contributed by atoms with Crippen molar-refractivity contribution >= 4 is 44.6 Å². The topological polar surface area (TPSA) is 18.5 Å². The van der Waals surface area contributed by atoms with Crippen LogP contribution in [0.5, 0.6) is 23.0 Å². The van der Waals surface area contributed by atoms with Gasteiger partial charge in [0.15, 0.2) is 0 Å². The third-order valence-corrected chi connectivity index (χ3v) is 6.19. The van der Waals surface area contributed by atoms with Crippen LogP contribution in [0.2, 0.25) is 0 Å². The first-order valence-electron chi connectivity index (χ1n) is 9.90. The van der Waals surface area contributed by atoms with Crippen LogP contribution in [-0.4, -0.2) is 6.71 Å². The third-order valence-electron chi connectivity index (χ3n) is 6.19. The van der Waals surface area contributed by atoms with Gasteiger partial charge in [-0.15, -0.1) is 0 Å². The maximum atomic E-state index is 6.52. The third kappa shape index (κ3) is 1.97. The zero-order chi connectivity index (χ0) is 18.9. The van der Waals surface area contributed by atoms with E-state index in [1.807, 2.05) is 24.3 Å². The van der Waals surface area contributed by atoms with E-state index >= 15 is 0 Å². The molecule has 0 aliphatic carbocycles. The first-order valence-corrected chi connectivity index (χ1v) is 9.90. The molecular weight excluding hydrogens is 355 g/mol. The molecule has 7 rings (SSSR count). The summed E-state index contributed by atoms with van der Waals surface area (Å²) in [7, 11) is 0. The van der Waals surface area contributed by atoms with E-state index in [0.29, 0.717) is 0 Å². The number of fused-ring (bicyclic) bond motifs is 8. The second kappa shape index (κ2) is 5.42. The lowest BCUT2D eigenvalue weighted by molar-refractivity contribution is 0.467. The van der Waals surface area contributed by atoms with Gasteiger partial charge >= 0.3 is 0 Å². The molecule has 5 aromatic rings. The molecule has 0 N–H and O–H groups in total. The van der Waals surface area contributed by atoms with Gasteiger partial charge in [0, 0.05) is 10.8 Å². The van der Waals surface area contributed by atoms with E-state index in [0.717, 1.165) is 33.8 Å². The lowest BCUT2D eigenvalue weighted by Crippen LogP contribution is -2.57. The lowest BCUT2D eigenvalue weighted by atomic mass is 9.35. The van der Waals surface area contributed by atoms with Crippen LogP contribution in [0.25, 0.3) is 21.5 Å². The van der Waals surface area contributed by atoms with Crippen LogP contribution in [-0.2, 0) is 0 Å². The van der Waals surface area contributed by atoms with Gasteiger partial charge < -0.3 is 9.47 Å². The standard InChI is InChI=1S/C26H15BO2/c1-2-7-17-16(6-1)12-13-19-18(17)14-15-21-26(19)29-24-11-5-10-23-25(24)27(21)20-8-3-4-9-22(20)28-23/h1-15H. The van der Waals surface area contributed by atoms with E-state index in [2.05, 4.69) is 66.7 Å². The first-order chi connectivity index (χ1) is 14.4. The van der Waals surface area contributed by atoms with Crippen molar-refractivity contribution in [3.05, 3.63) is 91.0 Å². The summed E-state index contributed by atoms with van der Waals surface area (Å²) < 4.78 is 12.7. The molecule has 2 nitrogen and oxygen atoms in total. The van der Waals surface area contributed by atoms with Crippen LogP contribution in [0, 0.1) is 0 Å². The van der Waals surface area contributed by atoms with E-state index in [1.54, 1.807) is 0 Å². The normalized spacial score (nSPS) is 13.3. The average Bonchev–Trinajstić information content (AvgIpc) is 2.78. The number of ether oxygens (including phenoxy) is 2. The van der Waals surface area contributed by atoms with Gasteiger partial charge in [0.1, 0.15) is 23.0 Å². The van der Waals surface area contributed by atoms with E-state index in [1.165, 1.54) is 27.1 Å². The number of hydrogen-bond acceptors (Lipinski definition) is 2. The maximum Gasteiger partial charge on any atom is 0.260 e. The Kier molecular flexibility index (Phi) is 2.85. The van der Waals surface area contributed by atoms with Crippen LogP contribution in [0.15, 0.2) is 91.0 Å². The van der Waals surface area contributed by atoms with Crippen LogP contribution in [0.3, 0.4) is 0 Å². The first kappa shape index (κ1) is 15.2. The summed E-state index contributed by atoms with van der Waals surface area (Å²) in [6.45, 7) is 0.116. The molecule has 5 aromatic carbocycles. The zero-order valence-electron chi connectivity index (χ0n) is 15.6. The summed E-state index contributed by atoms with van der Waals surface area (Å²) in [6, 6.07) is 31.8. The smallest absolute Gasteiger partial charge is 0.260 e. The van der Waals surface area contributed by atoms with Gasteiger partial charge in [0.2, 0.25) is 0 Å². The molecule has 2 heterocycles. The van der Waals surface area contributed by atoms with Crippen LogP contribution < -0.4 is 25.9 Å². The Morgan fingerprint density at radius 1 is 0.483 bits per heavy atom. The Hall–Kier alpha value is -3.72. The predicted octanol–water partition coefficient (Wildman–Crippen LogP) is 4.72. The Morgan fingerprint density at radius 3 is 2.21 bits per heavy atom. The molecule has 0 unspecified atom stereocenters. The summed E-state index contributed by atoms with van der Waals surface area (Å²) in [4.78, 5) is 0. The summed E-state index contributed by atoms with van der Waals surface area (Å²) in [5.74, 6) is 3.65. The molecule has 0 saturated heterocycles. The van der Waals surface area contributed by atoms with Gasteiger partial charge in [-0.3, -0.25) is 0 Å². The summed E-state index contributed by atoms with van der Waals surface area (Å²) >= 11 is 0. The zero-order valence-corrected chi connectivity index (χ0v) is 15.6. The molecule has 0 spiro atoms. The van der Waals surface area contributed by atoms with E-state index < -0.39 is 0 Å². The molecule has 0 bridgehead atoms. The summed E-state index contributed by atoms with van der Waals surface area (Å²) in [6.07, 6.45) is 0. The van der Waals surface area contributed by atoms with Gasteiger partial charge in [-0.1, -0.05) is 72.8 Å². The molecule has 2 aliphatic rings. The molecular formula is C26H15BO2. The average molecular weight is 370 g/mol. The predicted molar refractivity (Wildman–Crippen MR) is 119 cm³/mol. The Bertz CT molecular complexity index is 1470. The number of hydrogen-bond donors (Lipinski definition) is 0. The monoisotopic (exact) mass is 370 g/mol. The highest BCUT2D eigenvalue weighted by atomic mass is 16.5. The van der Waals surface area contributed by atoms with Gasteiger partial charge in [-0.25, -0.2) is 0 Å². The van der Waals surface area contributed by atoms with Crippen molar-refractivity contribution in [2.45, 2.75) is 0 Å². The van der Waals surface area contributed by atoms with Crippen molar-refractivity contribution in [2.24, 2.45) is 0 Å². The van der Waals surface area contributed by atoms with Crippen molar-refractivity contribution in [3.63, 3.8) is 0 Å².